The van der Waals surface area contributed by atoms with E-state index in [1.807, 2.05) is 6.07 Å². The van der Waals surface area contributed by atoms with E-state index in [0.717, 1.165) is 37.3 Å². The fourth-order valence-electron chi connectivity index (χ4n) is 2.94. The van der Waals surface area contributed by atoms with Crippen molar-refractivity contribution in [2.75, 3.05) is 23.3 Å². The second-order valence-electron chi connectivity index (χ2n) is 5.81. The van der Waals surface area contributed by atoms with Crippen LogP contribution in [0, 0.1) is 15.9 Å². The summed E-state index contributed by atoms with van der Waals surface area (Å²) >= 11 is 6.19. The number of hydrogen-bond donors (Lipinski definition) is 1. The molecule has 1 saturated heterocycles. The molecule has 0 unspecified atom stereocenters. The van der Waals surface area contributed by atoms with E-state index in [4.69, 9.17) is 11.6 Å². The Labute approximate surface area is 144 Å². The summed E-state index contributed by atoms with van der Waals surface area (Å²) in [6, 6.07) is 11.3. The van der Waals surface area contributed by atoms with Crippen LogP contribution in [-0.2, 0) is 0 Å². The molecule has 0 amide bonds. The van der Waals surface area contributed by atoms with Crippen molar-refractivity contribution in [3.05, 3.63) is 63.4 Å². The van der Waals surface area contributed by atoms with Gasteiger partial charge in [0.2, 0.25) is 0 Å². The van der Waals surface area contributed by atoms with Crippen LogP contribution in [0.4, 0.5) is 21.5 Å². The monoisotopic (exact) mass is 349 g/mol. The van der Waals surface area contributed by atoms with Crippen LogP contribution in [0.15, 0.2) is 42.5 Å². The summed E-state index contributed by atoms with van der Waals surface area (Å²) in [4.78, 5) is 12.4. The Hall–Kier alpha value is -2.34. The lowest BCUT2D eigenvalue weighted by atomic mass is 10.0. The van der Waals surface area contributed by atoms with Crippen LogP contribution in [0.5, 0.6) is 0 Å². The zero-order valence-corrected chi connectivity index (χ0v) is 13.7. The predicted octanol–water partition coefficient (Wildman–Crippen LogP) is 4.47. The number of halogens is 2. The highest BCUT2D eigenvalue weighted by molar-refractivity contribution is 6.33. The second-order valence-corrected chi connectivity index (χ2v) is 6.22. The van der Waals surface area contributed by atoms with Crippen molar-refractivity contribution >= 4 is 28.7 Å². The molecule has 126 valence electrons. The van der Waals surface area contributed by atoms with Crippen LogP contribution in [0.3, 0.4) is 0 Å². The SMILES string of the molecule is O=[N+]([O-])c1ccc(N2CCC(Nc3cccc(F)c3)CC2)c(Cl)c1. The molecule has 0 saturated carbocycles. The normalized spacial score (nSPS) is 15.3. The maximum atomic E-state index is 13.2. The number of nitro groups is 1. The third-order valence-corrected chi connectivity index (χ3v) is 4.48. The van der Waals surface area contributed by atoms with E-state index in [-0.39, 0.29) is 17.5 Å². The first-order chi connectivity index (χ1) is 11.5. The van der Waals surface area contributed by atoms with Crippen LogP contribution in [0.25, 0.3) is 0 Å². The third kappa shape index (κ3) is 3.76. The highest BCUT2D eigenvalue weighted by atomic mass is 35.5. The molecular weight excluding hydrogens is 333 g/mol. The van der Waals surface area contributed by atoms with Gasteiger partial charge in [0.05, 0.1) is 15.6 Å². The molecule has 0 bridgehead atoms. The summed E-state index contributed by atoms with van der Waals surface area (Å²) in [6.07, 6.45) is 1.76. The van der Waals surface area contributed by atoms with E-state index in [9.17, 15) is 14.5 Å². The first kappa shape index (κ1) is 16.5. The molecule has 2 aromatic rings. The summed E-state index contributed by atoms with van der Waals surface area (Å²) in [5, 5.41) is 14.5. The number of anilines is 2. The van der Waals surface area contributed by atoms with Gasteiger partial charge >= 0.3 is 0 Å². The van der Waals surface area contributed by atoms with Crippen LogP contribution >= 0.6 is 11.6 Å². The fourth-order valence-corrected chi connectivity index (χ4v) is 3.24. The Morgan fingerprint density at radius 3 is 2.58 bits per heavy atom. The molecule has 0 atom stereocenters. The lowest BCUT2D eigenvalue weighted by Crippen LogP contribution is -2.39. The average Bonchev–Trinajstić information content (AvgIpc) is 2.55. The first-order valence-electron chi connectivity index (χ1n) is 7.74. The lowest BCUT2D eigenvalue weighted by Gasteiger charge is -2.34. The summed E-state index contributed by atoms with van der Waals surface area (Å²) in [5.74, 6) is -0.255. The number of rotatable bonds is 4. The van der Waals surface area contributed by atoms with E-state index < -0.39 is 4.92 Å². The predicted molar refractivity (Wildman–Crippen MR) is 93.4 cm³/mol. The minimum absolute atomic E-state index is 0.00796. The molecule has 24 heavy (non-hydrogen) atoms. The van der Waals surface area contributed by atoms with Gasteiger partial charge in [-0.25, -0.2) is 4.39 Å². The number of nitrogens with one attached hydrogen (secondary N) is 1. The highest BCUT2D eigenvalue weighted by Crippen LogP contribution is 2.32. The van der Waals surface area contributed by atoms with Crippen molar-refractivity contribution in [1.29, 1.82) is 0 Å². The Kier molecular flexibility index (Phi) is 4.85. The van der Waals surface area contributed by atoms with Crippen molar-refractivity contribution in [1.82, 2.24) is 0 Å². The van der Waals surface area contributed by atoms with Gasteiger partial charge in [0.25, 0.3) is 5.69 Å². The maximum absolute atomic E-state index is 13.2. The van der Waals surface area contributed by atoms with Crippen LogP contribution < -0.4 is 10.2 Å². The average molecular weight is 350 g/mol. The van der Waals surface area contributed by atoms with Gasteiger partial charge in [0.15, 0.2) is 0 Å². The standard InChI is InChI=1S/C17H17ClFN3O2/c18-16-11-15(22(23)24)4-5-17(16)21-8-6-13(7-9-21)20-14-3-1-2-12(19)10-14/h1-5,10-11,13,20H,6-9H2. The van der Waals surface area contributed by atoms with Crippen LogP contribution in [-0.4, -0.2) is 24.1 Å². The van der Waals surface area contributed by atoms with E-state index in [1.54, 1.807) is 12.1 Å². The molecule has 0 aromatic heterocycles. The summed E-state index contributed by atoms with van der Waals surface area (Å²) in [6.45, 7) is 1.56. The Balaban J connectivity index is 1.62. The molecule has 0 aliphatic carbocycles. The van der Waals surface area contributed by atoms with Gasteiger partial charge in [0, 0.05) is 37.0 Å². The van der Waals surface area contributed by atoms with E-state index in [1.165, 1.54) is 24.3 Å². The summed E-state index contributed by atoms with van der Waals surface area (Å²) < 4.78 is 13.2. The molecule has 2 aromatic carbocycles. The van der Waals surface area contributed by atoms with Crippen molar-refractivity contribution < 1.29 is 9.31 Å². The van der Waals surface area contributed by atoms with Crippen LogP contribution in [0.1, 0.15) is 12.8 Å². The largest absolute Gasteiger partial charge is 0.382 e. The molecule has 5 nitrogen and oxygen atoms in total. The van der Waals surface area contributed by atoms with Crippen molar-refractivity contribution in [3.8, 4) is 0 Å². The molecule has 1 fully saturated rings. The molecule has 3 rings (SSSR count). The van der Waals surface area contributed by atoms with Crippen molar-refractivity contribution in [2.24, 2.45) is 0 Å². The summed E-state index contributed by atoms with van der Waals surface area (Å²) in [5.41, 5.74) is 1.58. The minimum Gasteiger partial charge on any atom is -0.382 e. The number of hydrogen-bond acceptors (Lipinski definition) is 4. The van der Waals surface area contributed by atoms with Gasteiger partial charge in [-0.3, -0.25) is 10.1 Å². The molecule has 0 spiro atoms. The minimum atomic E-state index is -0.454. The van der Waals surface area contributed by atoms with Gasteiger partial charge in [-0.15, -0.1) is 0 Å². The molecular formula is C17H17ClFN3O2. The number of non-ortho nitro benzene ring substituents is 1. The second kappa shape index (κ2) is 7.05. The van der Waals surface area contributed by atoms with Crippen molar-refractivity contribution in [2.45, 2.75) is 18.9 Å². The summed E-state index contributed by atoms with van der Waals surface area (Å²) in [7, 11) is 0. The van der Waals surface area contributed by atoms with E-state index in [2.05, 4.69) is 10.2 Å². The quantitative estimate of drug-likeness (QED) is 0.653. The van der Waals surface area contributed by atoms with Crippen LogP contribution in [0.2, 0.25) is 5.02 Å². The molecule has 1 heterocycles. The number of benzene rings is 2. The van der Waals surface area contributed by atoms with Gasteiger partial charge in [-0.1, -0.05) is 17.7 Å². The van der Waals surface area contributed by atoms with Gasteiger partial charge in [0.1, 0.15) is 5.82 Å². The third-order valence-electron chi connectivity index (χ3n) is 4.17. The lowest BCUT2D eigenvalue weighted by molar-refractivity contribution is -0.384. The number of piperidine rings is 1. The zero-order valence-electron chi connectivity index (χ0n) is 12.9. The Morgan fingerprint density at radius 2 is 1.96 bits per heavy atom. The fraction of sp³-hybridized carbons (Fsp3) is 0.294. The molecule has 0 radical (unpaired) electrons. The molecule has 1 N–H and O–H groups in total. The molecule has 7 heteroatoms. The topological polar surface area (TPSA) is 58.4 Å². The van der Waals surface area contributed by atoms with Gasteiger partial charge in [-0.2, -0.15) is 0 Å². The number of nitrogens with zero attached hydrogens (tertiary/aromatic N) is 2. The van der Waals surface area contributed by atoms with Gasteiger partial charge < -0.3 is 10.2 Å². The smallest absolute Gasteiger partial charge is 0.271 e. The maximum Gasteiger partial charge on any atom is 0.271 e. The molecule has 1 aliphatic heterocycles. The highest BCUT2D eigenvalue weighted by Gasteiger charge is 2.22. The zero-order chi connectivity index (χ0) is 17.1. The van der Waals surface area contributed by atoms with E-state index >= 15 is 0 Å². The van der Waals surface area contributed by atoms with E-state index in [0.29, 0.717) is 5.02 Å². The first-order valence-corrected chi connectivity index (χ1v) is 8.12. The molecule has 1 aliphatic rings. The Bertz CT molecular complexity index is 748. The Morgan fingerprint density at radius 1 is 1.21 bits per heavy atom. The van der Waals surface area contributed by atoms with Gasteiger partial charge in [-0.05, 0) is 37.1 Å². The number of nitro benzene ring substituents is 1. The van der Waals surface area contributed by atoms with Crippen molar-refractivity contribution in [3.63, 3.8) is 0 Å².